The van der Waals surface area contributed by atoms with Gasteiger partial charge >= 0.3 is 0 Å². The first-order chi connectivity index (χ1) is 10.2. The molecule has 0 aliphatic heterocycles. The maximum atomic E-state index is 11.9. The zero-order valence-electron chi connectivity index (χ0n) is 12.5. The Labute approximate surface area is 126 Å². The first-order valence-corrected chi connectivity index (χ1v) is 7.60. The van der Waals surface area contributed by atoms with Gasteiger partial charge in [0.15, 0.2) is 0 Å². The predicted molar refractivity (Wildman–Crippen MR) is 80.5 cm³/mol. The van der Waals surface area contributed by atoms with Crippen LogP contribution in [-0.2, 0) is 9.53 Å². The molecule has 1 aliphatic rings. The molecule has 1 aliphatic carbocycles. The maximum Gasteiger partial charge on any atom is 0.246 e. The fraction of sp³-hybridized carbons (Fsp3) is 0.529. The van der Waals surface area contributed by atoms with Crippen LogP contribution in [0.3, 0.4) is 0 Å². The Morgan fingerprint density at radius 1 is 1.33 bits per heavy atom. The zero-order valence-corrected chi connectivity index (χ0v) is 12.5. The van der Waals surface area contributed by atoms with Crippen LogP contribution in [0.4, 0.5) is 0 Å². The van der Waals surface area contributed by atoms with Crippen molar-refractivity contribution in [2.24, 2.45) is 0 Å². The predicted octanol–water partition coefficient (Wildman–Crippen LogP) is 3.08. The molecular weight excluding hydrogens is 264 g/mol. The monoisotopic (exact) mass is 286 g/mol. The third kappa shape index (κ3) is 4.87. The van der Waals surface area contributed by atoms with Gasteiger partial charge < -0.3 is 10.1 Å². The second-order valence-corrected chi connectivity index (χ2v) is 5.59. The fourth-order valence-electron chi connectivity index (χ4n) is 2.64. The van der Waals surface area contributed by atoms with Crippen molar-refractivity contribution in [2.75, 3.05) is 6.61 Å². The summed E-state index contributed by atoms with van der Waals surface area (Å²) in [4.78, 5) is 11.9. The number of hydrogen-bond acceptors (Lipinski definition) is 3. The molecule has 2 rings (SSSR count). The van der Waals surface area contributed by atoms with Crippen LogP contribution in [0.1, 0.15) is 56.2 Å². The Hall–Kier alpha value is -1.86. The molecule has 1 aromatic carbocycles. The van der Waals surface area contributed by atoms with Crippen molar-refractivity contribution < 1.29 is 9.53 Å². The quantitative estimate of drug-likeness (QED) is 0.904. The van der Waals surface area contributed by atoms with Crippen molar-refractivity contribution in [3.8, 4) is 6.07 Å². The summed E-state index contributed by atoms with van der Waals surface area (Å²) in [6, 6.07) is 9.25. The lowest BCUT2D eigenvalue weighted by molar-refractivity contribution is -0.129. The van der Waals surface area contributed by atoms with Gasteiger partial charge in [-0.1, -0.05) is 31.4 Å². The van der Waals surface area contributed by atoms with Crippen molar-refractivity contribution in [3.05, 3.63) is 35.4 Å². The van der Waals surface area contributed by atoms with Gasteiger partial charge in [-0.15, -0.1) is 0 Å². The van der Waals surface area contributed by atoms with Gasteiger partial charge in [0.1, 0.15) is 6.61 Å². The molecule has 21 heavy (non-hydrogen) atoms. The van der Waals surface area contributed by atoms with Gasteiger partial charge in [0.2, 0.25) is 5.91 Å². The van der Waals surface area contributed by atoms with Gasteiger partial charge in [-0.05, 0) is 37.5 Å². The summed E-state index contributed by atoms with van der Waals surface area (Å²) in [6.07, 6.45) is 6.07. The Balaban J connectivity index is 1.76. The van der Waals surface area contributed by atoms with Crippen molar-refractivity contribution in [1.82, 2.24) is 5.32 Å². The highest BCUT2D eigenvalue weighted by molar-refractivity contribution is 5.77. The summed E-state index contributed by atoms with van der Waals surface area (Å²) in [6.45, 7) is 2.06. The van der Waals surface area contributed by atoms with Crippen molar-refractivity contribution in [2.45, 2.75) is 51.2 Å². The summed E-state index contributed by atoms with van der Waals surface area (Å²) in [7, 11) is 0. The van der Waals surface area contributed by atoms with Gasteiger partial charge in [0.05, 0.1) is 23.8 Å². The smallest absolute Gasteiger partial charge is 0.246 e. The van der Waals surface area contributed by atoms with Crippen LogP contribution >= 0.6 is 0 Å². The van der Waals surface area contributed by atoms with E-state index in [4.69, 9.17) is 10.00 Å². The van der Waals surface area contributed by atoms with Crippen LogP contribution in [-0.4, -0.2) is 18.6 Å². The summed E-state index contributed by atoms with van der Waals surface area (Å²) >= 11 is 0. The number of ether oxygens (including phenoxy) is 1. The van der Waals surface area contributed by atoms with Crippen LogP contribution in [0, 0.1) is 11.3 Å². The molecule has 0 aromatic heterocycles. The number of nitrogens with one attached hydrogen (secondary N) is 1. The highest BCUT2D eigenvalue weighted by atomic mass is 16.5. The molecule has 1 saturated carbocycles. The van der Waals surface area contributed by atoms with E-state index in [1.165, 1.54) is 19.3 Å². The Morgan fingerprint density at radius 3 is 2.62 bits per heavy atom. The van der Waals surface area contributed by atoms with Crippen LogP contribution in [0.5, 0.6) is 0 Å². The van der Waals surface area contributed by atoms with Crippen LogP contribution in [0.25, 0.3) is 0 Å². The van der Waals surface area contributed by atoms with E-state index in [0.29, 0.717) is 5.56 Å². The fourth-order valence-corrected chi connectivity index (χ4v) is 2.64. The molecule has 0 unspecified atom stereocenters. The van der Waals surface area contributed by atoms with E-state index in [1.807, 2.05) is 19.1 Å². The Bertz CT molecular complexity index is 499. The minimum atomic E-state index is -0.0857. The number of nitrogens with zero attached hydrogens (tertiary/aromatic N) is 1. The van der Waals surface area contributed by atoms with Gasteiger partial charge in [0, 0.05) is 0 Å². The molecule has 1 atom stereocenters. The van der Waals surface area contributed by atoms with E-state index in [2.05, 4.69) is 11.4 Å². The lowest BCUT2D eigenvalue weighted by Gasteiger charge is -2.22. The summed E-state index contributed by atoms with van der Waals surface area (Å²) in [5.74, 6) is -0.0857. The van der Waals surface area contributed by atoms with Crippen molar-refractivity contribution in [1.29, 1.82) is 5.26 Å². The number of hydrogen-bond donors (Lipinski definition) is 1. The van der Waals surface area contributed by atoms with E-state index in [-0.39, 0.29) is 24.7 Å². The zero-order chi connectivity index (χ0) is 15.1. The SMILES string of the molecule is C[C@@H](NC(=O)COC1CCCCC1)c1ccc(C#N)cc1. The first-order valence-electron chi connectivity index (χ1n) is 7.60. The molecule has 0 bridgehead atoms. The molecule has 112 valence electrons. The number of carbonyl (C=O) groups excluding carboxylic acids is 1. The topological polar surface area (TPSA) is 62.1 Å². The van der Waals surface area contributed by atoms with Crippen molar-refractivity contribution in [3.63, 3.8) is 0 Å². The summed E-state index contributed by atoms with van der Waals surface area (Å²) in [5, 5.41) is 11.7. The normalized spacial score (nSPS) is 17.0. The first kappa shape index (κ1) is 15.5. The Kier molecular flexibility index (Phi) is 5.77. The summed E-state index contributed by atoms with van der Waals surface area (Å²) < 4.78 is 5.66. The molecule has 0 heterocycles. The van der Waals surface area contributed by atoms with Gasteiger partial charge in [-0.3, -0.25) is 4.79 Å². The van der Waals surface area contributed by atoms with Gasteiger partial charge in [0.25, 0.3) is 0 Å². The average Bonchev–Trinajstić information content (AvgIpc) is 2.54. The number of carbonyl (C=O) groups is 1. The number of rotatable bonds is 5. The second kappa shape index (κ2) is 7.80. The molecule has 4 heteroatoms. The molecule has 1 aromatic rings. The molecular formula is C17H22N2O2. The van der Waals surface area contributed by atoms with E-state index in [1.54, 1.807) is 12.1 Å². The highest BCUT2D eigenvalue weighted by Gasteiger charge is 2.16. The average molecular weight is 286 g/mol. The Morgan fingerprint density at radius 2 is 2.00 bits per heavy atom. The highest BCUT2D eigenvalue weighted by Crippen LogP contribution is 2.20. The molecule has 1 N–H and O–H groups in total. The van der Waals surface area contributed by atoms with E-state index in [9.17, 15) is 4.79 Å². The van der Waals surface area contributed by atoms with Crippen LogP contribution in [0.2, 0.25) is 0 Å². The maximum absolute atomic E-state index is 11.9. The number of amides is 1. The number of nitriles is 1. The molecule has 0 saturated heterocycles. The lowest BCUT2D eigenvalue weighted by Crippen LogP contribution is -2.32. The van der Waals surface area contributed by atoms with Gasteiger partial charge in [-0.2, -0.15) is 5.26 Å². The van der Waals surface area contributed by atoms with E-state index < -0.39 is 0 Å². The minimum Gasteiger partial charge on any atom is -0.368 e. The molecule has 1 fully saturated rings. The summed E-state index contributed by atoms with van der Waals surface area (Å²) in [5.41, 5.74) is 1.61. The van der Waals surface area contributed by atoms with Crippen LogP contribution in [0.15, 0.2) is 24.3 Å². The van der Waals surface area contributed by atoms with Crippen LogP contribution < -0.4 is 5.32 Å². The van der Waals surface area contributed by atoms with Gasteiger partial charge in [-0.25, -0.2) is 0 Å². The number of benzene rings is 1. The van der Waals surface area contributed by atoms with Crippen molar-refractivity contribution >= 4 is 5.91 Å². The second-order valence-electron chi connectivity index (χ2n) is 5.59. The van der Waals surface area contributed by atoms with E-state index >= 15 is 0 Å². The van der Waals surface area contributed by atoms with E-state index in [0.717, 1.165) is 18.4 Å². The molecule has 0 spiro atoms. The minimum absolute atomic E-state index is 0.0831. The third-order valence-corrected chi connectivity index (χ3v) is 3.92. The third-order valence-electron chi connectivity index (χ3n) is 3.92. The standard InChI is InChI=1S/C17H22N2O2/c1-13(15-9-7-14(11-18)8-10-15)19-17(20)12-21-16-5-3-2-4-6-16/h7-10,13,16H,2-6,12H2,1H3,(H,19,20)/t13-/m1/s1. The molecule has 1 amide bonds. The lowest BCUT2D eigenvalue weighted by atomic mass is 9.98. The molecule has 0 radical (unpaired) electrons. The molecule has 4 nitrogen and oxygen atoms in total. The largest absolute Gasteiger partial charge is 0.368 e.